The third kappa shape index (κ3) is 2.46. The standard InChI is InChI=1S/C24H23N/c1-2-9-18(10-3-1)19-11-8-12-20(17-19)25-23-15-6-4-13-21(23)22-14-5-7-16-24(22)25/h4-8,11-18H,1-3,9-10H2. The summed E-state index contributed by atoms with van der Waals surface area (Å²) in [5.74, 6) is 0.738. The minimum atomic E-state index is 0.738. The zero-order valence-corrected chi connectivity index (χ0v) is 14.5. The van der Waals surface area contributed by atoms with Crippen LogP contribution >= 0.6 is 0 Å². The molecular weight excluding hydrogens is 302 g/mol. The molecule has 0 amide bonds. The predicted octanol–water partition coefficient (Wildman–Crippen LogP) is 6.83. The van der Waals surface area contributed by atoms with Gasteiger partial charge < -0.3 is 4.57 Å². The van der Waals surface area contributed by atoms with Gasteiger partial charge >= 0.3 is 0 Å². The van der Waals surface area contributed by atoms with E-state index in [9.17, 15) is 0 Å². The molecule has 0 aliphatic heterocycles. The van der Waals surface area contributed by atoms with E-state index in [1.165, 1.54) is 65.2 Å². The van der Waals surface area contributed by atoms with Crippen molar-refractivity contribution in [2.24, 2.45) is 0 Å². The monoisotopic (exact) mass is 325 g/mol. The largest absolute Gasteiger partial charge is 0.309 e. The molecule has 25 heavy (non-hydrogen) atoms. The SMILES string of the molecule is c1cc(C2CCCCC2)cc(-n2c3ccccc3c3ccccc32)c1. The summed E-state index contributed by atoms with van der Waals surface area (Å²) in [6.45, 7) is 0. The molecule has 0 saturated heterocycles. The minimum Gasteiger partial charge on any atom is -0.309 e. The normalized spacial score (nSPS) is 15.8. The van der Waals surface area contributed by atoms with Gasteiger partial charge in [-0.2, -0.15) is 0 Å². The number of rotatable bonds is 2. The maximum Gasteiger partial charge on any atom is 0.0541 e. The van der Waals surface area contributed by atoms with Crippen LogP contribution in [0.3, 0.4) is 0 Å². The maximum absolute atomic E-state index is 2.43. The van der Waals surface area contributed by atoms with Gasteiger partial charge in [-0.25, -0.2) is 0 Å². The second kappa shape index (κ2) is 6.07. The van der Waals surface area contributed by atoms with Crippen molar-refractivity contribution in [2.75, 3.05) is 0 Å². The Morgan fingerprint density at radius 3 is 1.96 bits per heavy atom. The molecule has 124 valence electrons. The zero-order valence-electron chi connectivity index (χ0n) is 14.5. The average molecular weight is 325 g/mol. The van der Waals surface area contributed by atoms with Crippen molar-refractivity contribution in [3.05, 3.63) is 78.4 Å². The molecule has 1 aliphatic rings. The Morgan fingerprint density at radius 2 is 1.28 bits per heavy atom. The Kier molecular flexibility index (Phi) is 3.59. The molecule has 1 heteroatoms. The van der Waals surface area contributed by atoms with Crippen LogP contribution in [0.5, 0.6) is 0 Å². The van der Waals surface area contributed by atoms with Crippen LogP contribution in [-0.2, 0) is 0 Å². The molecule has 1 nitrogen and oxygen atoms in total. The predicted molar refractivity (Wildman–Crippen MR) is 107 cm³/mol. The number of nitrogens with zero attached hydrogens (tertiary/aromatic N) is 1. The Bertz CT molecular complexity index is 981. The van der Waals surface area contributed by atoms with Gasteiger partial charge in [0.25, 0.3) is 0 Å². The van der Waals surface area contributed by atoms with E-state index in [2.05, 4.69) is 77.4 Å². The second-order valence-electron chi connectivity index (χ2n) is 7.30. The summed E-state index contributed by atoms with van der Waals surface area (Å²) < 4.78 is 2.43. The van der Waals surface area contributed by atoms with Crippen LogP contribution in [0.15, 0.2) is 72.8 Å². The third-order valence-corrected chi connectivity index (χ3v) is 5.79. The lowest BCUT2D eigenvalue weighted by atomic mass is 9.84. The number of hydrogen-bond donors (Lipinski definition) is 0. The fourth-order valence-electron chi connectivity index (χ4n) is 4.55. The van der Waals surface area contributed by atoms with Gasteiger partial charge in [0.05, 0.1) is 11.0 Å². The van der Waals surface area contributed by atoms with E-state index in [4.69, 9.17) is 0 Å². The van der Waals surface area contributed by atoms with E-state index in [0.717, 1.165) is 5.92 Å². The van der Waals surface area contributed by atoms with Crippen molar-refractivity contribution in [3.8, 4) is 5.69 Å². The lowest BCUT2D eigenvalue weighted by Gasteiger charge is -2.22. The molecule has 4 aromatic rings. The topological polar surface area (TPSA) is 4.93 Å². The smallest absolute Gasteiger partial charge is 0.0541 e. The molecule has 0 radical (unpaired) electrons. The van der Waals surface area contributed by atoms with Gasteiger partial charge in [-0.3, -0.25) is 0 Å². The highest BCUT2D eigenvalue weighted by atomic mass is 15.0. The van der Waals surface area contributed by atoms with Gasteiger partial charge in [-0.15, -0.1) is 0 Å². The molecule has 1 fully saturated rings. The molecule has 1 saturated carbocycles. The molecule has 0 unspecified atom stereocenters. The fraction of sp³-hybridized carbons (Fsp3) is 0.250. The minimum absolute atomic E-state index is 0.738. The van der Waals surface area contributed by atoms with E-state index in [1.807, 2.05) is 0 Å². The molecule has 3 aromatic carbocycles. The first-order chi connectivity index (χ1) is 12.4. The summed E-state index contributed by atoms with van der Waals surface area (Å²) in [7, 11) is 0. The van der Waals surface area contributed by atoms with Crippen LogP contribution < -0.4 is 0 Å². The highest BCUT2D eigenvalue weighted by molar-refractivity contribution is 6.09. The molecule has 0 N–H and O–H groups in total. The van der Waals surface area contributed by atoms with Crippen molar-refractivity contribution in [1.82, 2.24) is 4.57 Å². The lowest BCUT2D eigenvalue weighted by Crippen LogP contribution is -2.05. The fourth-order valence-corrected chi connectivity index (χ4v) is 4.55. The zero-order chi connectivity index (χ0) is 16.6. The van der Waals surface area contributed by atoms with Crippen LogP contribution in [0.1, 0.15) is 43.6 Å². The van der Waals surface area contributed by atoms with E-state index in [1.54, 1.807) is 0 Å². The van der Waals surface area contributed by atoms with Gasteiger partial charge in [0.15, 0.2) is 0 Å². The Morgan fingerprint density at radius 1 is 0.640 bits per heavy atom. The summed E-state index contributed by atoms with van der Waals surface area (Å²) in [4.78, 5) is 0. The molecular formula is C24H23N. The average Bonchev–Trinajstić information content (AvgIpc) is 3.03. The molecule has 0 bridgehead atoms. The van der Waals surface area contributed by atoms with Crippen LogP contribution in [0.2, 0.25) is 0 Å². The van der Waals surface area contributed by atoms with Gasteiger partial charge in [-0.1, -0.05) is 67.8 Å². The number of benzene rings is 3. The highest BCUT2D eigenvalue weighted by Crippen LogP contribution is 2.35. The first-order valence-corrected chi connectivity index (χ1v) is 9.50. The number of aromatic nitrogens is 1. The van der Waals surface area contributed by atoms with Gasteiger partial charge in [-0.05, 0) is 48.6 Å². The summed E-state index contributed by atoms with van der Waals surface area (Å²) in [5.41, 5.74) is 5.40. The summed E-state index contributed by atoms with van der Waals surface area (Å²) in [6, 6.07) is 26.8. The van der Waals surface area contributed by atoms with Crippen LogP contribution in [-0.4, -0.2) is 4.57 Å². The van der Waals surface area contributed by atoms with Crippen molar-refractivity contribution in [1.29, 1.82) is 0 Å². The Labute approximate surface area is 148 Å². The van der Waals surface area contributed by atoms with Crippen molar-refractivity contribution < 1.29 is 0 Å². The first kappa shape index (κ1) is 14.8. The number of para-hydroxylation sites is 2. The molecule has 1 aromatic heterocycles. The first-order valence-electron chi connectivity index (χ1n) is 9.50. The maximum atomic E-state index is 2.43. The van der Waals surface area contributed by atoms with Crippen LogP contribution in [0.25, 0.3) is 27.5 Å². The van der Waals surface area contributed by atoms with Gasteiger partial charge in [0.1, 0.15) is 0 Å². The third-order valence-electron chi connectivity index (χ3n) is 5.79. The molecule has 0 spiro atoms. The quantitative estimate of drug-likeness (QED) is 0.380. The van der Waals surface area contributed by atoms with E-state index >= 15 is 0 Å². The lowest BCUT2D eigenvalue weighted by molar-refractivity contribution is 0.443. The summed E-state index contributed by atoms with van der Waals surface area (Å²) in [6.07, 6.45) is 6.85. The van der Waals surface area contributed by atoms with Crippen LogP contribution in [0, 0.1) is 0 Å². The second-order valence-corrected chi connectivity index (χ2v) is 7.30. The van der Waals surface area contributed by atoms with E-state index in [0.29, 0.717) is 0 Å². The molecule has 5 rings (SSSR count). The summed E-state index contributed by atoms with van der Waals surface area (Å²) >= 11 is 0. The Hall–Kier alpha value is -2.54. The van der Waals surface area contributed by atoms with Crippen molar-refractivity contribution in [2.45, 2.75) is 38.0 Å². The van der Waals surface area contributed by atoms with Gasteiger partial charge in [0, 0.05) is 16.5 Å². The van der Waals surface area contributed by atoms with E-state index < -0.39 is 0 Å². The van der Waals surface area contributed by atoms with Gasteiger partial charge in [0.2, 0.25) is 0 Å². The van der Waals surface area contributed by atoms with Crippen molar-refractivity contribution >= 4 is 21.8 Å². The number of fused-ring (bicyclic) bond motifs is 3. The molecule has 1 aliphatic carbocycles. The van der Waals surface area contributed by atoms with E-state index in [-0.39, 0.29) is 0 Å². The Balaban J connectivity index is 1.72. The summed E-state index contributed by atoms with van der Waals surface area (Å²) in [5, 5.41) is 2.67. The highest BCUT2D eigenvalue weighted by Gasteiger charge is 2.17. The molecule has 1 heterocycles. The van der Waals surface area contributed by atoms with Crippen molar-refractivity contribution in [3.63, 3.8) is 0 Å². The molecule has 0 atom stereocenters. The number of hydrogen-bond acceptors (Lipinski definition) is 0. The van der Waals surface area contributed by atoms with Crippen LogP contribution in [0.4, 0.5) is 0 Å².